The summed E-state index contributed by atoms with van der Waals surface area (Å²) in [5, 5.41) is 9.40. The van der Waals surface area contributed by atoms with Crippen LogP contribution < -0.4 is 4.74 Å². The van der Waals surface area contributed by atoms with Gasteiger partial charge in [0.1, 0.15) is 23.3 Å². The van der Waals surface area contributed by atoms with Crippen molar-refractivity contribution in [3.05, 3.63) is 100.0 Å². The lowest BCUT2D eigenvalue weighted by atomic mass is 10.2. The maximum absolute atomic E-state index is 12.7. The molecule has 0 N–H and O–H groups in total. The van der Waals surface area contributed by atoms with Crippen LogP contribution in [0.2, 0.25) is 0 Å². The highest BCUT2D eigenvalue weighted by Crippen LogP contribution is 2.23. The van der Waals surface area contributed by atoms with Crippen molar-refractivity contribution < 1.29 is 13.2 Å². The molecule has 29 heavy (non-hydrogen) atoms. The molecule has 0 saturated carbocycles. The summed E-state index contributed by atoms with van der Waals surface area (Å²) in [6.45, 7) is 4.35. The maximum atomic E-state index is 12.7. The smallest absolute Gasteiger partial charge is 0.216 e. The Hall–Kier alpha value is -3.36. The van der Waals surface area contributed by atoms with Crippen molar-refractivity contribution in [2.75, 3.05) is 0 Å². The van der Waals surface area contributed by atoms with Gasteiger partial charge in [-0.25, -0.2) is 8.42 Å². The summed E-state index contributed by atoms with van der Waals surface area (Å²) < 4.78 is 31.2. The van der Waals surface area contributed by atoms with E-state index in [2.05, 4.69) is 0 Å². The van der Waals surface area contributed by atoms with Gasteiger partial charge in [0.25, 0.3) is 0 Å². The number of rotatable bonds is 6. The molecule has 0 aliphatic heterocycles. The first kappa shape index (κ1) is 20.4. The third-order valence-electron chi connectivity index (χ3n) is 4.43. The Morgan fingerprint density at radius 3 is 2.00 bits per heavy atom. The third kappa shape index (κ3) is 5.13. The molecule has 0 aliphatic rings. The van der Waals surface area contributed by atoms with Crippen LogP contribution in [0.1, 0.15) is 22.3 Å². The van der Waals surface area contributed by atoms with E-state index in [0.717, 1.165) is 11.1 Å². The van der Waals surface area contributed by atoms with Gasteiger partial charge < -0.3 is 4.74 Å². The molecule has 5 heteroatoms. The van der Waals surface area contributed by atoms with E-state index in [9.17, 15) is 13.7 Å². The number of nitriles is 1. The lowest BCUT2D eigenvalue weighted by Crippen LogP contribution is -2.03. The van der Waals surface area contributed by atoms with E-state index in [4.69, 9.17) is 4.74 Å². The standard InChI is InChI=1S/C24H21NO3S/c1-18-3-7-21(8-4-18)17-28-22-11-9-20(10-12-22)15-24(16-25)29(26,27)23-13-5-19(2)6-14-23/h3-15H,17H2,1-2H3/b24-15+. The number of benzene rings is 3. The minimum atomic E-state index is -3.86. The summed E-state index contributed by atoms with van der Waals surface area (Å²) in [4.78, 5) is -0.191. The van der Waals surface area contributed by atoms with Crippen LogP contribution in [0, 0.1) is 25.2 Å². The number of ether oxygens (including phenoxy) is 1. The summed E-state index contributed by atoms with van der Waals surface area (Å²) in [6, 6.07) is 23.3. The van der Waals surface area contributed by atoms with E-state index in [1.54, 1.807) is 36.4 Å². The molecule has 4 nitrogen and oxygen atoms in total. The summed E-state index contributed by atoms with van der Waals surface area (Å²) in [5.74, 6) is 0.669. The molecule has 0 spiro atoms. The molecule has 0 radical (unpaired) electrons. The Morgan fingerprint density at radius 2 is 1.45 bits per heavy atom. The number of sulfone groups is 1. The first-order valence-electron chi connectivity index (χ1n) is 9.10. The molecule has 3 aromatic rings. The average Bonchev–Trinajstić information content (AvgIpc) is 2.72. The first-order chi connectivity index (χ1) is 13.9. The van der Waals surface area contributed by atoms with Crippen molar-refractivity contribution >= 4 is 15.9 Å². The lowest BCUT2D eigenvalue weighted by molar-refractivity contribution is 0.306. The van der Waals surface area contributed by atoms with Crippen molar-refractivity contribution in [3.63, 3.8) is 0 Å². The Morgan fingerprint density at radius 1 is 0.897 bits per heavy atom. The van der Waals surface area contributed by atoms with E-state index in [1.165, 1.54) is 23.8 Å². The second-order valence-electron chi connectivity index (χ2n) is 6.78. The van der Waals surface area contributed by atoms with Gasteiger partial charge in [-0.05, 0) is 55.3 Å². The quantitative estimate of drug-likeness (QED) is 0.529. The molecule has 146 valence electrons. The van der Waals surface area contributed by atoms with Gasteiger partial charge in [-0.15, -0.1) is 0 Å². The molecular weight excluding hydrogens is 382 g/mol. The van der Waals surface area contributed by atoms with Crippen LogP contribution in [0.15, 0.2) is 82.6 Å². The van der Waals surface area contributed by atoms with Gasteiger partial charge in [-0.1, -0.05) is 59.7 Å². The minimum Gasteiger partial charge on any atom is -0.489 e. The van der Waals surface area contributed by atoms with Crippen LogP contribution in [-0.4, -0.2) is 8.42 Å². The van der Waals surface area contributed by atoms with Crippen LogP contribution in [0.3, 0.4) is 0 Å². The fraction of sp³-hybridized carbons (Fsp3) is 0.125. The number of aryl methyl sites for hydroxylation is 2. The van der Waals surface area contributed by atoms with Crippen molar-refractivity contribution in [2.45, 2.75) is 25.3 Å². The average molecular weight is 404 g/mol. The molecular formula is C24H21NO3S. The van der Waals surface area contributed by atoms with Crippen molar-refractivity contribution in [1.29, 1.82) is 5.26 Å². The molecule has 0 saturated heterocycles. The Kier molecular flexibility index (Phi) is 6.16. The molecule has 3 aromatic carbocycles. The minimum absolute atomic E-state index is 0.106. The van der Waals surface area contributed by atoms with Gasteiger partial charge in [-0.3, -0.25) is 0 Å². The van der Waals surface area contributed by atoms with E-state index in [-0.39, 0.29) is 9.80 Å². The van der Waals surface area contributed by atoms with Gasteiger partial charge in [0.2, 0.25) is 9.84 Å². The highest BCUT2D eigenvalue weighted by Gasteiger charge is 2.20. The Balaban J connectivity index is 1.75. The summed E-state index contributed by atoms with van der Waals surface area (Å²) in [7, 11) is -3.86. The van der Waals surface area contributed by atoms with Crippen LogP contribution in [0.25, 0.3) is 6.08 Å². The summed E-state index contributed by atoms with van der Waals surface area (Å²) in [5.41, 5.74) is 3.82. The largest absolute Gasteiger partial charge is 0.489 e. The normalized spacial score (nSPS) is 11.7. The maximum Gasteiger partial charge on any atom is 0.216 e. The first-order valence-corrected chi connectivity index (χ1v) is 10.6. The highest BCUT2D eigenvalue weighted by atomic mass is 32.2. The molecule has 0 amide bonds. The third-order valence-corrected chi connectivity index (χ3v) is 6.12. The number of nitrogens with zero attached hydrogens (tertiary/aromatic N) is 1. The second-order valence-corrected chi connectivity index (χ2v) is 8.70. The van der Waals surface area contributed by atoms with Gasteiger partial charge >= 0.3 is 0 Å². The second kappa shape index (κ2) is 8.76. The molecule has 0 heterocycles. The zero-order valence-electron chi connectivity index (χ0n) is 16.3. The van der Waals surface area contributed by atoms with Crippen LogP contribution in [0.4, 0.5) is 0 Å². The fourth-order valence-electron chi connectivity index (χ4n) is 2.68. The predicted octanol–water partition coefficient (Wildman–Crippen LogP) is 5.22. The predicted molar refractivity (Wildman–Crippen MR) is 114 cm³/mol. The van der Waals surface area contributed by atoms with Crippen LogP contribution in [-0.2, 0) is 16.4 Å². The lowest BCUT2D eigenvalue weighted by Gasteiger charge is -2.07. The van der Waals surface area contributed by atoms with E-state index in [1.807, 2.05) is 44.2 Å². The summed E-state index contributed by atoms with van der Waals surface area (Å²) >= 11 is 0. The zero-order valence-corrected chi connectivity index (χ0v) is 17.1. The number of hydrogen-bond acceptors (Lipinski definition) is 4. The van der Waals surface area contributed by atoms with Crippen molar-refractivity contribution in [3.8, 4) is 11.8 Å². The van der Waals surface area contributed by atoms with Gasteiger partial charge in [-0.2, -0.15) is 5.26 Å². The van der Waals surface area contributed by atoms with E-state index < -0.39 is 9.84 Å². The molecule has 3 rings (SSSR count). The monoisotopic (exact) mass is 403 g/mol. The van der Waals surface area contributed by atoms with Crippen LogP contribution >= 0.6 is 0 Å². The molecule has 0 bridgehead atoms. The van der Waals surface area contributed by atoms with Crippen molar-refractivity contribution in [2.24, 2.45) is 0 Å². The highest BCUT2D eigenvalue weighted by molar-refractivity contribution is 7.95. The molecule has 0 fully saturated rings. The fourth-order valence-corrected chi connectivity index (χ4v) is 3.84. The summed E-state index contributed by atoms with van der Waals surface area (Å²) in [6.07, 6.45) is 1.37. The molecule has 0 aromatic heterocycles. The molecule has 0 atom stereocenters. The topological polar surface area (TPSA) is 67.2 Å². The zero-order chi connectivity index (χ0) is 20.9. The Bertz CT molecular complexity index is 1150. The van der Waals surface area contributed by atoms with Crippen LogP contribution in [0.5, 0.6) is 5.75 Å². The number of hydrogen-bond donors (Lipinski definition) is 0. The van der Waals surface area contributed by atoms with Gasteiger partial charge in [0.15, 0.2) is 0 Å². The van der Waals surface area contributed by atoms with Gasteiger partial charge in [0, 0.05) is 0 Å². The SMILES string of the molecule is Cc1ccc(COc2ccc(/C=C(\C#N)S(=O)(=O)c3ccc(C)cc3)cc2)cc1. The van der Waals surface area contributed by atoms with Gasteiger partial charge in [0.05, 0.1) is 4.90 Å². The van der Waals surface area contributed by atoms with E-state index in [0.29, 0.717) is 17.9 Å². The van der Waals surface area contributed by atoms with Crippen molar-refractivity contribution in [1.82, 2.24) is 0 Å². The number of allylic oxidation sites excluding steroid dienone is 1. The van der Waals surface area contributed by atoms with E-state index >= 15 is 0 Å². The Labute approximate surface area is 171 Å². The molecule has 0 aliphatic carbocycles. The molecule has 0 unspecified atom stereocenters.